The van der Waals surface area contributed by atoms with Crippen LogP contribution in [-0.4, -0.2) is 24.7 Å². The number of methoxy groups -OCH3 is 1. The maximum absolute atomic E-state index is 11.4. The van der Waals surface area contributed by atoms with Crippen LogP contribution in [0.2, 0.25) is 0 Å². The molecule has 0 spiro atoms. The molecule has 1 heterocycles. The fourth-order valence-corrected chi connectivity index (χ4v) is 1.91. The van der Waals surface area contributed by atoms with Gasteiger partial charge in [-0.05, 0) is 30.7 Å². The minimum atomic E-state index is -0.368. The molecule has 0 radical (unpaired) electrons. The van der Waals surface area contributed by atoms with Crippen LogP contribution in [-0.2, 0) is 11.3 Å². The molecule has 112 valence electrons. The fourth-order valence-electron chi connectivity index (χ4n) is 1.91. The quantitative estimate of drug-likeness (QED) is 0.768. The van der Waals surface area contributed by atoms with E-state index < -0.39 is 0 Å². The lowest BCUT2D eigenvalue weighted by Crippen LogP contribution is -2.05. The van der Waals surface area contributed by atoms with Gasteiger partial charge in [-0.2, -0.15) is 0 Å². The van der Waals surface area contributed by atoms with E-state index >= 15 is 0 Å². The van der Waals surface area contributed by atoms with E-state index in [0.717, 1.165) is 23.6 Å². The number of para-hydroxylation sites is 2. The molecule has 0 aliphatic heterocycles. The highest BCUT2D eigenvalue weighted by atomic mass is 16.5. The molecule has 1 aromatic carbocycles. The van der Waals surface area contributed by atoms with Crippen LogP contribution in [0.15, 0.2) is 36.4 Å². The standard InChI is InChI=1S/C16H20N2O3/c1-3-10-21-15-7-5-4-6-13(15)17-11-12-8-9-14(18-12)16(19)20-2/h4-9,17-18H,3,10-11H2,1-2H3. The van der Waals surface area contributed by atoms with E-state index in [-0.39, 0.29) is 5.97 Å². The Kier molecular flexibility index (Phi) is 5.26. The summed E-state index contributed by atoms with van der Waals surface area (Å²) in [5, 5.41) is 3.30. The first-order valence-corrected chi connectivity index (χ1v) is 6.96. The number of anilines is 1. The van der Waals surface area contributed by atoms with Gasteiger partial charge >= 0.3 is 5.97 Å². The van der Waals surface area contributed by atoms with Gasteiger partial charge in [0.2, 0.25) is 0 Å². The highest BCUT2D eigenvalue weighted by Crippen LogP contribution is 2.24. The van der Waals surface area contributed by atoms with Crippen molar-refractivity contribution in [3.8, 4) is 5.75 Å². The van der Waals surface area contributed by atoms with Crippen molar-refractivity contribution in [3.05, 3.63) is 47.8 Å². The lowest BCUT2D eigenvalue weighted by Gasteiger charge is -2.12. The molecule has 0 saturated heterocycles. The minimum Gasteiger partial charge on any atom is -0.491 e. The summed E-state index contributed by atoms with van der Waals surface area (Å²) in [6.07, 6.45) is 0.966. The fraction of sp³-hybridized carbons (Fsp3) is 0.312. The van der Waals surface area contributed by atoms with Crippen molar-refractivity contribution in [3.63, 3.8) is 0 Å². The molecule has 5 nitrogen and oxygen atoms in total. The van der Waals surface area contributed by atoms with Gasteiger partial charge in [-0.15, -0.1) is 0 Å². The molecule has 5 heteroatoms. The Bertz CT molecular complexity index is 593. The van der Waals surface area contributed by atoms with Crippen LogP contribution in [0, 0.1) is 0 Å². The number of ether oxygens (including phenoxy) is 2. The molecule has 0 aliphatic rings. The van der Waals surface area contributed by atoms with Gasteiger partial charge in [0.05, 0.1) is 25.9 Å². The summed E-state index contributed by atoms with van der Waals surface area (Å²) in [7, 11) is 1.36. The second-order valence-electron chi connectivity index (χ2n) is 4.59. The largest absolute Gasteiger partial charge is 0.491 e. The molecular formula is C16H20N2O3. The third-order valence-electron chi connectivity index (χ3n) is 2.97. The molecular weight excluding hydrogens is 268 g/mol. The highest BCUT2D eigenvalue weighted by Gasteiger charge is 2.08. The highest BCUT2D eigenvalue weighted by molar-refractivity contribution is 5.87. The van der Waals surface area contributed by atoms with Crippen molar-refractivity contribution in [1.29, 1.82) is 0 Å². The number of aromatic amines is 1. The Morgan fingerprint density at radius 2 is 2.05 bits per heavy atom. The number of benzene rings is 1. The van der Waals surface area contributed by atoms with Crippen molar-refractivity contribution in [2.45, 2.75) is 19.9 Å². The Hall–Kier alpha value is -2.43. The van der Waals surface area contributed by atoms with Crippen LogP contribution in [0.3, 0.4) is 0 Å². The van der Waals surface area contributed by atoms with Crippen molar-refractivity contribution in [2.24, 2.45) is 0 Å². The number of hydrogen-bond donors (Lipinski definition) is 2. The van der Waals surface area contributed by atoms with Gasteiger partial charge in [0.1, 0.15) is 11.4 Å². The van der Waals surface area contributed by atoms with Crippen molar-refractivity contribution < 1.29 is 14.3 Å². The van der Waals surface area contributed by atoms with Crippen LogP contribution in [0.4, 0.5) is 5.69 Å². The minimum absolute atomic E-state index is 0.368. The van der Waals surface area contributed by atoms with Crippen LogP contribution in [0.25, 0.3) is 0 Å². The number of carbonyl (C=O) groups excluding carboxylic acids is 1. The Morgan fingerprint density at radius 3 is 2.81 bits per heavy atom. The number of nitrogens with one attached hydrogen (secondary N) is 2. The number of carbonyl (C=O) groups is 1. The van der Waals surface area contributed by atoms with E-state index in [2.05, 4.69) is 22.0 Å². The number of rotatable bonds is 7. The second kappa shape index (κ2) is 7.38. The zero-order valence-electron chi connectivity index (χ0n) is 12.3. The molecule has 2 aromatic rings. The average Bonchev–Trinajstić information content (AvgIpc) is 3.00. The summed E-state index contributed by atoms with van der Waals surface area (Å²) >= 11 is 0. The summed E-state index contributed by atoms with van der Waals surface area (Å²) in [5.74, 6) is 0.465. The summed E-state index contributed by atoms with van der Waals surface area (Å²) in [4.78, 5) is 14.4. The van der Waals surface area contributed by atoms with Crippen molar-refractivity contribution in [2.75, 3.05) is 19.0 Å². The Morgan fingerprint density at radius 1 is 1.24 bits per heavy atom. The Balaban J connectivity index is 1.99. The van der Waals surface area contributed by atoms with E-state index in [9.17, 15) is 4.79 Å². The van der Waals surface area contributed by atoms with Crippen LogP contribution in [0.5, 0.6) is 5.75 Å². The molecule has 0 fully saturated rings. The second-order valence-corrected chi connectivity index (χ2v) is 4.59. The van der Waals surface area contributed by atoms with E-state index in [1.165, 1.54) is 7.11 Å². The van der Waals surface area contributed by atoms with Crippen LogP contribution in [0.1, 0.15) is 29.5 Å². The van der Waals surface area contributed by atoms with Gasteiger partial charge in [-0.25, -0.2) is 4.79 Å². The first-order chi connectivity index (χ1) is 10.2. The Labute approximate surface area is 124 Å². The van der Waals surface area contributed by atoms with Gasteiger partial charge in [0, 0.05) is 5.69 Å². The number of H-pyrrole nitrogens is 1. The summed E-state index contributed by atoms with van der Waals surface area (Å²) in [6.45, 7) is 3.33. The molecule has 21 heavy (non-hydrogen) atoms. The van der Waals surface area contributed by atoms with Gasteiger partial charge in [-0.3, -0.25) is 0 Å². The molecule has 0 bridgehead atoms. The molecule has 0 saturated carbocycles. The summed E-state index contributed by atoms with van der Waals surface area (Å²) < 4.78 is 10.4. The lowest BCUT2D eigenvalue weighted by molar-refractivity contribution is 0.0594. The third kappa shape index (κ3) is 4.02. The van der Waals surface area contributed by atoms with Gasteiger partial charge in [0.15, 0.2) is 0 Å². The van der Waals surface area contributed by atoms with Crippen LogP contribution >= 0.6 is 0 Å². The summed E-state index contributed by atoms with van der Waals surface area (Å²) in [6, 6.07) is 11.4. The van der Waals surface area contributed by atoms with E-state index in [4.69, 9.17) is 4.74 Å². The molecule has 0 atom stereocenters. The number of esters is 1. The topological polar surface area (TPSA) is 63.4 Å². The first kappa shape index (κ1) is 15.0. The zero-order valence-corrected chi connectivity index (χ0v) is 12.3. The molecule has 0 amide bonds. The molecule has 2 rings (SSSR count). The predicted octanol–water partition coefficient (Wildman–Crippen LogP) is 3.20. The van der Waals surface area contributed by atoms with Crippen molar-refractivity contribution in [1.82, 2.24) is 4.98 Å². The van der Waals surface area contributed by atoms with Gasteiger partial charge in [0.25, 0.3) is 0 Å². The lowest BCUT2D eigenvalue weighted by atomic mass is 10.3. The maximum atomic E-state index is 11.4. The number of hydrogen-bond acceptors (Lipinski definition) is 4. The van der Waals surface area contributed by atoms with E-state index in [1.54, 1.807) is 6.07 Å². The summed E-state index contributed by atoms with van der Waals surface area (Å²) in [5.41, 5.74) is 2.28. The van der Waals surface area contributed by atoms with Crippen molar-refractivity contribution >= 4 is 11.7 Å². The van der Waals surface area contributed by atoms with Gasteiger partial charge in [-0.1, -0.05) is 19.1 Å². The molecule has 2 N–H and O–H groups in total. The number of aromatic nitrogens is 1. The van der Waals surface area contributed by atoms with Crippen LogP contribution < -0.4 is 10.1 Å². The zero-order chi connectivity index (χ0) is 15.1. The van der Waals surface area contributed by atoms with E-state index in [1.807, 2.05) is 30.3 Å². The van der Waals surface area contributed by atoms with Gasteiger partial charge < -0.3 is 19.8 Å². The smallest absolute Gasteiger partial charge is 0.354 e. The third-order valence-corrected chi connectivity index (χ3v) is 2.97. The first-order valence-electron chi connectivity index (χ1n) is 6.96. The maximum Gasteiger partial charge on any atom is 0.354 e. The molecule has 0 unspecified atom stereocenters. The predicted molar refractivity (Wildman–Crippen MR) is 81.7 cm³/mol. The molecule has 1 aromatic heterocycles. The average molecular weight is 288 g/mol. The molecule has 0 aliphatic carbocycles. The normalized spacial score (nSPS) is 10.2. The van der Waals surface area contributed by atoms with E-state index in [0.29, 0.717) is 18.8 Å². The monoisotopic (exact) mass is 288 g/mol. The SMILES string of the molecule is CCCOc1ccccc1NCc1ccc(C(=O)OC)[nH]1.